The third-order valence-electron chi connectivity index (χ3n) is 11.9. The molecule has 334 valence electrons. The summed E-state index contributed by atoms with van der Waals surface area (Å²) in [4.78, 5) is 35.9. The molecule has 0 spiro atoms. The predicted molar refractivity (Wildman–Crippen MR) is 247 cm³/mol. The number of aromatic hydroxyl groups is 1. The van der Waals surface area contributed by atoms with Crippen LogP contribution in [-0.4, -0.2) is 85.0 Å². The van der Waals surface area contributed by atoms with E-state index in [1.54, 1.807) is 43.0 Å². The van der Waals surface area contributed by atoms with Gasteiger partial charge in [0, 0.05) is 69.0 Å². The molecule has 16 heteroatoms. The van der Waals surface area contributed by atoms with E-state index in [1.165, 1.54) is 0 Å². The number of phenolic OH excluding ortho intramolecular Hbond substituents is 1. The van der Waals surface area contributed by atoms with Crippen LogP contribution in [0.5, 0.6) is 5.75 Å². The van der Waals surface area contributed by atoms with Crippen molar-refractivity contribution in [3.05, 3.63) is 100 Å². The van der Waals surface area contributed by atoms with E-state index in [9.17, 15) is 14.7 Å². The number of fused-ring (bicyclic) bond motifs is 2. The van der Waals surface area contributed by atoms with E-state index in [2.05, 4.69) is 41.4 Å². The number of pyridine rings is 2. The first kappa shape index (κ1) is 45.3. The zero-order valence-electron chi connectivity index (χ0n) is 36.8. The van der Waals surface area contributed by atoms with E-state index in [0.717, 1.165) is 82.2 Å². The van der Waals surface area contributed by atoms with Gasteiger partial charge in [0.25, 0.3) is 11.8 Å². The summed E-state index contributed by atoms with van der Waals surface area (Å²) in [5, 5.41) is 34.6. The van der Waals surface area contributed by atoms with Crippen molar-refractivity contribution >= 4 is 56.9 Å². The zero-order chi connectivity index (χ0) is 44.5. The van der Waals surface area contributed by atoms with Crippen molar-refractivity contribution in [3.63, 3.8) is 0 Å². The van der Waals surface area contributed by atoms with Crippen molar-refractivity contribution in [3.8, 4) is 5.75 Å². The number of halogens is 1. The minimum Gasteiger partial charge on any atom is -0.508 e. The number of benzene rings is 2. The van der Waals surface area contributed by atoms with E-state index in [-0.39, 0.29) is 41.7 Å². The highest BCUT2D eigenvalue weighted by Crippen LogP contribution is 2.32. The Morgan fingerprint density at radius 2 is 1.19 bits per heavy atom. The highest BCUT2D eigenvalue weighted by atomic mass is 35.5. The molecule has 0 saturated carbocycles. The second-order valence-electron chi connectivity index (χ2n) is 16.0. The van der Waals surface area contributed by atoms with Crippen LogP contribution in [0.4, 0.5) is 11.4 Å². The second-order valence-corrected chi connectivity index (χ2v) is 16.4. The fraction of sp³-hybridized carbons (Fsp3) is 0.447. The molecule has 63 heavy (non-hydrogen) atoms. The van der Waals surface area contributed by atoms with Crippen molar-refractivity contribution in [1.29, 1.82) is 0 Å². The number of nitrogens with one attached hydrogen (secondary N) is 4. The van der Waals surface area contributed by atoms with Gasteiger partial charge in [-0.05, 0) is 94.2 Å². The van der Waals surface area contributed by atoms with Crippen LogP contribution in [0.15, 0.2) is 67.3 Å². The number of aryl methyl sites for hydroxylation is 3. The largest absolute Gasteiger partial charge is 0.508 e. The van der Waals surface area contributed by atoms with Gasteiger partial charge in [0.2, 0.25) is 0 Å². The molecule has 8 rings (SSSR count). The highest BCUT2D eigenvalue weighted by molar-refractivity contribution is 6.31. The summed E-state index contributed by atoms with van der Waals surface area (Å²) < 4.78 is 14.7. The van der Waals surface area contributed by atoms with Gasteiger partial charge in [0.05, 0.1) is 57.8 Å². The SMILES string of the molecule is CCC(NC(=O)c1cnc2c(cnn2CC)c1NC1CCOCC1)c1ccc(C)c(Cl)c1.CCC(NC(=O)c1cnc2c(cnn2CC)c1NC1CCOCC1)c1cccc(O)c1. The molecule has 2 aromatic carbocycles. The third kappa shape index (κ3) is 10.5. The lowest BCUT2D eigenvalue weighted by Crippen LogP contribution is -2.32. The van der Waals surface area contributed by atoms with Crippen LogP contribution in [0.1, 0.15) is 116 Å². The number of phenols is 1. The van der Waals surface area contributed by atoms with Crippen LogP contribution in [-0.2, 0) is 22.6 Å². The Hall–Kier alpha value is -5.77. The molecule has 0 bridgehead atoms. The Labute approximate surface area is 373 Å². The average molecular weight is 880 g/mol. The minimum absolute atomic E-state index is 0.148. The summed E-state index contributed by atoms with van der Waals surface area (Å²) in [7, 11) is 0. The van der Waals surface area contributed by atoms with Crippen molar-refractivity contribution in [2.24, 2.45) is 0 Å². The van der Waals surface area contributed by atoms with Crippen LogP contribution < -0.4 is 21.3 Å². The van der Waals surface area contributed by atoms with Crippen LogP contribution in [0.25, 0.3) is 22.1 Å². The third-order valence-corrected chi connectivity index (χ3v) is 12.3. The maximum absolute atomic E-state index is 13.4. The van der Waals surface area contributed by atoms with Gasteiger partial charge >= 0.3 is 0 Å². The number of nitrogens with zero attached hydrogens (tertiary/aromatic N) is 6. The monoisotopic (exact) mass is 878 g/mol. The van der Waals surface area contributed by atoms with Gasteiger partial charge in [-0.1, -0.05) is 49.7 Å². The van der Waals surface area contributed by atoms with Gasteiger partial charge in [0.1, 0.15) is 5.75 Å². The van der Waals surface area contributed by atoms with E-state index < -0.39 is 0 Å². The molecule has 0 radical (unpaired) electrons. The number of rotatable bonds is 14. The van der Waals surface area contributed by atoms with E-state index in [4.69, 9.17) is 21.1 Å². The van der Waals surface area contributed by atoms with Crippen molar-refractivity contribution < 1.29 is 24.2 Å². The molecule has 6 aromatic rings. The summed E-state index contributed by atoms with van der Waals surface area (Å²) in [5.41, 5.74) is 6.97. The van der Waals surface area contributed by atoms with E-state index >= 15 is 0 Å². The number of hydrogen-bond donors (Lipinski definition) is 5. The molecule has 2 aliphatic rings. The Morgan fingerprint density at radius 3 is 1.62 bits per heavy atom. The summed E-state index contributed by atoms with van der Waals surface area (Å²) in [5.74, 6) is -0.188. The smallest absolute Gasteiger partial charge is 0.255 e. The predicted octanol–water partition coefficient (Wildman–Crippen LogP) is 8.51. The van der Waals surface area contributed by atoms with Gasteiger partial charge < -0.3 is 35.8 Å². The zero-order valence-corrected chi connectivity index (χ0v) is 37.5. The molecule has 4 aromatic heterocycles. The standard InChI is InChI=1S/C24H30ClN5O2.C23H29N5O3/c1-4-21(16-7-6-15(3)20(25)12-16)29-24(31)19-13-26-23-18(14-27-30(23)5-2)22(19)28-17-8-10-32-11-9-17;1-3-20(15-6-5-7-17(29)12-15)27-23(30)19-13-24-22-18(14-25-28(22)4-2)21(19)26-16-8-10-31-11-9-16/h6-7,12-14,17,21H,4-5,8-11H2,1-3H3,(H,26,28)(H,29,31);5-7,12-14,16,20,29H,3-4,8-11H2,1-2H3,(H,24,26)(H,27,30). The molecular weight excluding hydrogens is 820 g/mol. The fourth-order valence-corrected chi connectivity index (χ4v) is 8.33. The van der Waals surface area contributed by atoms with Crippen molar-refractivity contribution in [2.45, 2.75) is 110 Å². The van der Waals surface area contributed by atoms with Gasteiger partial charge in [0.15, 0.2) is 11.3 Å². The lowest BCUT2D eigenvalue weighted by atomic mass is 10.0. The van der Waals surface area contributed by atoms with Crippen LogP contribution >= 0.6 is 11.6 Å². The fourth-order valence-electron chi connectivity index (χ4n) is 8.15. The number of aromatic nitrogens is 6. The van der Waals surface area contributed by atoms with E-state index in [0.29, 0.717) is 62.1 Å². The lowest BCUT2D eigenvalue weighted by molar-refractivity contribution is 0.0900. The number of carbonyl (C=O) groups excluding carboxylic acids is 2. The molecule has 6 heterocycles. The average Bonchev–Trinajstić information content (AvgIpc) is 3.94. The lowest BCUT2D eigenvalue weighted by Gasteiger charge is -2.26. The molecule has 5 N–H and O–H groups in total. The van der Waals surface area contributed by atoms with Crippen LogP contribution in [0, 0.1) is 6.92 Å². The molecule has 2 aliphatic heterocycles. The number of anilines is 2. The first-order valence-corrected chi connectivity index (χ1v) is 22.5. The Kier molecular flexibility index (Phi) is 15.1. The summed E-state index contributed by atoms with van der Waals surface area (Å²) >= 11 is 6.33. The summed E-state index contributed by atoms with van der Waals surface area (Å²) in [6, 6.07) is 13.0. The molecule has 2 unspecified atom stereocenters. The molecule has 2 atom stereocenters. The first-order valence-electron chi connectivity index (χ1n) is 22.2. The van der Waals surface area contributed by atoms with Crippen molar-refractivity contribution in [2.75, 3.05) is 37.1 Å². The highest BCUT2D eigenvalue weighted by Gasteiger charge is 2.26. The Morgan fingerprint density at radius 1 is 0.714 bits per heavy atom. The number of carbonyl (C=O) groups is 2. The maximum atomic E-state index is 13.4. The second kappa shape index (κ2) is 21.1. The maximum Gasteiger partial charge on any atom is 0.255 e. The minimum atomic E-state index is -0.218. The van der Waals surface area contributed by atoms with Crippen molar-refractivity contribution in [1.82, 2.24) is 40.2 Å². The van der Waals surface area contributed by atoms with Gasteiger partial charge in [-0.3, -0.25) is 9.59 Å². The Balaban J connectivity index is 0.000000189. The summed E-state index contributed by atoms with van der Waals surface area (Å²) in [6.07, 6.45) is 11.8. The number of ether oxygens (including phenoxy) is 2. The van der Waals surface area contributed by atoms with Gasteiger partial charge in [-0.2, -0.15) is 10.2 Å². The topological polar surface area (TPSA) is 182 Å². The first-order chi connectivity index (χ1) is 30.6. The quantitative estimate of drug-likeness (QED) is 0.0708. The van der Waals surface area contributed by atoms with Gasteiger partial charge in [-0.25, -0.2) is 19.3 Å². The molecule has 2 amide bonds. The molecule has 2 saturated heterocycles. The van der Waals surface area contributed by atoms with Gasteiger partial charge in [-0.15, -0.1) is 0 Å². The molecule has 0 aliphatic carbocycles. The normalized spacial score (nSPS) is 15.7. The van der Waals surface area contributed by atoms with Crippen LogP contribution in [0.3, 0.4) is 0 Å². The molecular formula is C47H59ClN10O5. The molecule has 2 fully saturated rings. The van der Waals surface area contributed by atoms with E-state index in [1.807, 2.05) is 68.2 Å². The molecule has 15 nitrogen and oxygen atoms in total. The Bertz CT molecular complexity index is 2510. The van der Waals surface area contributed by atoms with Crippen LogP contribution in [0.2, 0.25) is 5.02 Å². The number of hydrogen-bond acceptors (Lipinski definition) is 11. The number of amides is 2. The summed E-state index contributed by atoms with van der Waals surface area (Å²) in [6.45, 7) is 14.3.